The molecule has 18 heavy (non-hydrogen) atoms. The second kappa shape index (κ2) is 5.99. The Kier molecular flexibility index (Phi) is 5.13. The molecule has 0 aliphatic heterocycles. The van der Waals surface area contributed by atoms with Gasteiger partial charge in [0.2, 0.25) is 5.89 Å². The van der Waals surface area contributed by atoms with Gasteiger partial charge in [0.25, 0.3) is 0 Å². The highest BCUT2D eigenvalue weighted by atomic mass is 35.5. The lowest BCUT2D eigenvalue weighted by Gasteiger charge is -2.21. The van der Waals surface area contributed by atoms with Crippen molar-refractivity contribution < 1.29 is 4.52 Å². The lowest BCUT2D eigenvalue weighted by molar-refractivity contribution is 0.205. The Morgan fingerprint density at radius 3 is 2.50 bits per heavy atom. The zero-order valence-electron chi connectivity index (χ0n) is 11.3. The maximum atomic E-state index is 5.92. The molecule has 1 aromatic heterocycles. The minimum atomic E-state index is -0.534. The van der Waals surface area contributed by atoms with E-state index in [9.17, 15) is 0 Å². The molecule has 0 saturated heterocycles. The van der Waals surface area contributed by atoms with Gasteiger partial charge < -0.3 is 10.3 Å². The topological polar surface area (TPSA) is 68.2 Å². The standard InChI is InChI=1S/C12H22N4O.ClH/c1-12(2,13)11-14-10(17-15-11)8-16(3)9-6-4-5-7-9;/h9H,4-8,13H2,1-3H3;1H. The molecule has 0 aromatic carbocycles. The van der Waals surface area contributed by atoms with Crippen LogP contribution in [0, 0.1) is 0 Å². The SMILES string of the molecule is CN(Cc1nc(C(C)(C)N)no1)C1CCCC1.Cl. The molecule has 0 spiro atoms. The van der Waals surface area contributed by atoms with E-state index in [0.29, 0.717) is 24.3 Å². The fourth-order valence-electron chi connectivity index (χ4n) is 2.27. The molecule has 0 radical (unpaired) electrons. The number of nitrogens with zero attached hydrogens (tertiary/aromatic N) is 3. The highest BCUT2D eigenvalue weighted by molar-refractivity contribution is 5.85. The second-order valence-electron chi connectivity index (χ2n) is 5.59. The zero-order valence-corrected chi connectivity index (χ0v) is 12.2. The quantitative estimate of drug-likeness (QED) is 0.910. The minimum absolute atomic E-state index is 0. The van der Waals surface area contributed by atoms with Crippen molar-refractivity contribution in [1.29, 1.82) is 0 Å². The van der Waals surface area contributed by atoms with Crippen molar-refractivity contribution in [3.63, 3.8) is 0 Å². The maximum Gasteiger partial charge on any atom is 0.240 e. The summed E-state index contributed by atoms with van der Waals surface area (Å²) in [6.07, 6.45) is 5.22. The lowest BCUT2D eigenvalue weighted by Crippen LogP contribution is -2.31. The summed E-state index contributed by atoms with van der Waals surface area (Å²) in [7, 11) is 2.12. The molecule has 1 saturated carbocycles. The van der Waals surface area contributed by atoms with Crippen LogP contribution in [0.15, 0.2) is 4.52 Å². The van der Waals surface area contributed by atoms with Crippen molar-refractivity contribution in [2.45, 2.75) is 57.7 Å². The first-order chi connectivity index (χ1) is 7.97. The molecule has 6 heteroatoms. The van der Waals surface area contributed by atoms with E-state index in [1.54, 1.807) is 0 Å². The minimum Gasteiger partial charge on any atom is -0.338 e. The molecular weight excluding hydrogens is 252 g/mol. The molecule has 104 valence electrons. The van der Waals surface area contributed by atoms with Crippen LogP contribution in [-0.2, 0) is 12.1 Å². The number of nitrogens with two attached hydrogens (primary N) is 1. The third-order valence-electron chi connectivity index (χ3n) is 3.38. The summed E-state index contributed by atoms with van der Waals surface area (Å²) < 4.78 is 5.24. The molecule has 0 amide bonds. The maximum absolute atomic E-state index is 5.92. The molecule has 2 N–H and O–H groups in total. The summed E-state index contributed by atoms with van der Waals surface area (Å²) in [4.78, 5) is 6.65. The van der Waals surface area contributed by atoms with Gasteiger partial charge in [-0.15, -0.1) is 12.4 Å². The average Bonchev–Trinajstić information content (AvgIpc) is 2.85. The lowest BCUT2D eigenvalue weighted by atomic mass is 10.1. The van der Waals surface area contributed by atoms with Gasteiger partial charge in [-0.25, -0.2) is 0 Å². The van der Waals surface area contributed by atoms with Crippen LogP contribution >= 0.6 is 12.4 Å². The number of halogens is 1. The van der Waals surface area contributed by atoms with Gasteiger partial charge in [-0.2, -0.15) is 4.98 Å². The van der Waals surface area contributed by atoms with Crippen molar-refractivity contribution in [2.75, 3.05) is 7.05 Å². The van der Waals surface area contributed by atoms with Crippen LogP contribution in [0.3, 0.4) is 0 Å². The van der Waals surface area contributed by atoms with Crippen LogP contribution in [0.25, 0.3) is 0 Å². The largest absolute Gasteiger partial charge is 0.338 e. The van der Waals surface area contributed by atoms with E-state index in [2.05, 4.69) is 22.1 Å². The zero-order chi connectivity index (χ0) is 12.5. The molecule has 1 heterocycles. The molecule has 1 fully saturated rings. The van der Waals surface area contributed by atoms with E-state index >= 15 is 0 Å². The average molecular weight is 275 g/mol. The normalized spacial score (nSPS) is 17.2. The van der Waals surface area contributed by atoms with Crippen molar-refractivity contribution >= 4 is 12.4 Å². The van der Waals surface area contributed by atoms with Gasteiger partial charge in [-0.3, -0.25) is 4.90 Å². The highest BCUT2D eigenvalue weighted by Gasteiger charge is 2.24. The summed E-state index contributed by atoms with van der Waals surface area (Å²) in [6.45, 7) is 4.47. The van der Waals surface area contributed by atoms with E-state index in [0.717, 1.165) is 0 Å². The Bertz CT molecular complexity index is 368. The summed E-state index contributed by atoms with van der Waals surface area (Å²) >= 11 is 0. The highest BCUT2D eigenvalue weighted by Crippen LogP contribution is 2.23. The van der Waals surface area contributed by atoms with Crippen molar-refractivity contribution in [1.82, 2.24) is 15.0 Å². The first-order valence-corrected chi connectivity index (χ1v) is 6.29. The van der Waals surface area contributed by atoms with E-state index in [4.69, 9.17) is 10.3 Å². The third kappa shape index (κ3) is 3.67. The molecule has 0 bridgehead atoms. The molecule has 1 aliphatic rings. The Hall–Kier alpha value is -0.650. The van der Waals surface area contributed by atoms with Gasteiger partial charge >= 0.3 is 0 Å². The van der Waals surface area contributed by atoms with E-state index in [1.165, 1.54) is 25.7 Å². The Labute approximate surface area is 115 Å². The van der Waals surface area contributed by atoms with Crippen molar-refractivity contribution in [2.24, 2.45) is 5.73 Å². The van der Waals surface area contributed by atoms with Crippen LogP contribution in [-0.4, -0.2) is 28.1 Å². The van der Waals surface area contributed by atoms with Crippen LogP contribution in [0.5, 0.6) is 0 Å². The summed E-state index contributed by atoms with van der Waals surface area (Å²) in [5.41, 5.74) is 5.39. The van der Waals surface area contributed by atoms with Gasteiger partial charge in [-0.05, 0) is 33.7 Å². The predicted octanol–water partition coefficient (Wildman–Crippen LogP) is 2.06. The molecule has 1 aromatic rings. The summed E-state index contributed by atoms with van der Waals surface area (Å²) in [6, 6.07) is 0.663. The van der Waals surface area contributed by atoms with Crippen LogP contribution in [0.1, 0.15) is 51.2 Å². The van der Waals surface area contributed by atoms with Crippen molar-refractivity contribution in [3.8, 4) is 0 Å². The van der Waals surface area contributed by atoms with Crippen molar-refractivity contribution in [3.05, 3.63) is 11.7 Å². The van der Waals surface area contributed by atoms with E-state index < -0.39 is 5.54 Å². The molecule has 0 atom stereocenters. The van der Waals surface area contributed by atoms with E-state index in [-0.39, 0.29) is 12.4 Å². The first-order valence-electron chi connectivity index (χ1n) is 6.29. The summed E-state index contributed by atoms with van der Waals surface area (Å²) in [5, 5.41) is 3.93. The van der Waals surface area contributed by atoms with Gasteiger partial charge in [0, 0.05) is 6.04 Å². The van der Waals surface area contributed by atoms with Gasteiger partial charge in [0.1, 0.15) is 0 Å². The monoisotopic (exact) mass is 274 g/mol. The van der Waals surface area contributed by atoms with Gasteiger partial charge in [-0.1, -0.05) is 18.0 Å². The van der Waals surface area contributed by atoms with Gasteiger partial charge in [0.05, 0.1) is 12.1 Å². The third-order valence-corrected chi connectivity index (χ3v) is 3.38. The Morgan fingerprint density at radius 2 is 2.00 bits per heavy atom. The molecular formula is C12H23ClN4O. The second-order valence-corrected chi connectivity index (χ2v) is 5.59. The van der Waals surface area contributed by atoms with Gasteiger partial charge in [0.15, 0.2) is 5.82 Å². The fraction of sp³-hybridized carbons (Fsp3) is 0.833. The first kappa shape index (κ1) is 15.4. The van der Waals surface area contributed by atoms with E-state index in [1.807, 2.05) is 13.8 Å². The van der Waals surface area contributed by atoms with Crippen LogP contribution < -0.4 is 5.73 Å². The molecule has 2 rings (SSSR count). The number of hydrogen-bond acceptors (Lipinski definition) is 5. The summed E-state index contributed by atoms with van der Waals surface area (Å²) in [5.74, 6) is 1.24. The molecule has 5 nitrogen and oxygen atoms in total. The number of rotatable bonds is 4. The fourth-order valence-corrected chi connectivity index (χ4v) is 2.27. The molecule has 0 unspecified atom stereocenters. The van der Waals surface area contributed by atoms with Crippen LogP contribution in [0.2, 0.25) is 0 Å². The van der Waals surface area contributed by atoms with Crippen LogP contribution in [0.4, 0.5) is 0 Å². The predicted molar refractivity (Wildman–Crippen MR) is 72.5 cm³/mol. The smallest absolute Gasteiger partial charge is 0.240 e. The Morgan fingerprint density at radius 1 is 1.39 bits per heavy atom. The Balaban J connectivity index is 0.00000162. The number of aromatic nitrogens is 2. The molecule has 1 aliphatic carbocycles. The number of hydrogen-bond donors (Lipinski definition) is 1.